The second kappa shape index (κ2) is 14.9. The van der Waals surface area contributed by atoms with E-state index in [9.17, 15) is 0 Å². The smallest absolute Gasteiger partial charge is 0.102 e. The van der Waals surface area contributed by atoms with Gasteiger partial charge in [0, 0.05) is 0 Å². The molecule has 266 valence electrons. The van der Waals surface area contributed by atoms with Crippen LogP contribution in [0.15, 0.2) is 36.4 Å². The van der Waals surface area contributed by atoms with E-state index < -0.39 is 0 Å². The standard InChI is InChI=1S/C40H46B20/c41-21-12(22(42)27(47)20-19(21)30(50)36(56)37(57)31(20)51)10-6-5-9(7-3-1-2-4-8(7)10)11-14-16(25(45)34(54)32(52)23(14)43)13(17-15(11)24(44)33(53)35(55)26(17)46)18-28(48)38(58)40(60)39(59)29(18)49/h1-6H,41-60H2. The molecule has 8 rings (SSSR count). The SMILES string of the molecule is Bc1c(B)c(B)c(-c2c3c(B)c(B)c(B)c(B)c3c(-c3ccc(-c4c(B)c(B)c5c(B)c(B)c(B)c(B)c5c4B)c4ccccc34)c3c(B)c(B)c(B)c(B)c23)c(B)c1B. The second-order valence-electron chi connectivity index (χ2n) is 19.0. The number of rotatable bonds is 3. The van der Waals surface area contributed by atoms with Crippen molar-refractivity contribution in [1.29, 1.82) is 0 Å². The van der Waals surface area contributed by atoms with Crippen LogP contribution in [0, 0.1) is 0 Å². The highest BCUT2D eigenvalue weighted by Crippen LogP contribution is 2.43. The molecule has 60 heavy (non-hydrogen) atoms. The van der Waals surface area contributed by atoms with Gasteiger partial charge in [-0.2, -0.15) is 0 Å². The molecule has 0 atom stereocenters. The first-order valence-corrected chi connectivity index (χ1v) is 22.2. The molecule has 0 unspecified atom stereocenters. The van der Waals surface area contributed by atoms with Crippen LogP contribution in [0.25, 0.3) is 76.5 Å². The van der Waals surface area contributed by atoms with Crippen LogP contribution in [-0.2, 0) is 0 Å². The molecule has 0 spiro atoms. The predicted molar refractivity (Wildman–Crippen MR) is 336 cm³/mol. The Morgan fingerprint density at radius 1 is 0.183 bits per heavy atom. The maximum absolute atomic E-state index is 2.49. The summed E-state index contributed by atoms with van der Waals surface area (Å²) >= 11 is 0. The summed E-state index contributed by atoms with van der Waals surface area (Å²) in [5.41, 5.74) is 36.2. The van der Waals surface area contributed by atoms with Crippen molar-refractivity contribution in [2.45, 2.75) is 0 Å². The largest absolute Gasteiger partial charge is 0.140 e. The van der Waals surface area contributed by atoms with Crippen LogP contribution < -0.4 is 109 Å². The maximum Gasteiger partial charge on any atom is 0.140 e. The zero-order valence-electron chi connectivity index (χ0n) is 40.5. The van der Waals surface area contributed by atoms with Crippen LogP contribution in [0.5, 0.6) is 0 Å². The third kappa shape index (κ3) is 5.66. The topological polar surface area (TPSA) is 0 Å². The van der Waals surface area contributed by atoms with E-state index >= 15 is 0 Å². The van der Waals surface area contributed by atoms with Gasteiger partial charge >= 0.3 is 0 Å². The summed E-state index contributed by atoms with van der Waals surface area (Å²) in [5, 5.41) is 11.1. The minimum atomic E-state index is 1.31. The second-order valence-corrected chi connectivity index (χ2v) is 19.0. The van der Waals surface area contributed by atoms with Crippen LogP contribution in [0.1, 0.15) is 0 Å². The van der Waals surface area contributed by atoms with Gasteiger partial charge in [0.2, 0.25) is 0 Å². The lowest BCUT2D eigenvalue weighted by atomic mass is 9.56. The van der Waals surface area contributed by atoms with Gasteiger partial charge in [0.15, 0.2) is 0 Å². The molecule has 0 bridgehead atoms. The van der Waals surface area contributed by atoms with E-state index in [1.165, 1.54) is 186 Å². The van der Waals surface area contributed by atoms with Crippen LogP contribution in [0.2, 0.25) is 0 Å². The highest BCUT2D eigenvalue weighted by molar-refractivity contribution is 6.75. The van der Waals surface area contributed by atoms with Gasteiger partial charge in [-0.25, -0.2) is 0 Å². The van der Waals surface area contributed by atoms with E-state index in [4.69, 9.17) is 0 Å². The molecule has 0 aliphatic heterocycles. The molecule has 8 aromatic rings. The molecule has 0 saturated carbocycles. The average Bonchev–Trinajstić information content (AvgIpc) is 3.23. The van der Waals surface area contributed by atoms with Gasteiger partial charge in [-0.1, -0.05) is 96.5 Å². The quantitative estimate of drug-likeness (QED) is 0.125. The predicted octanol–water partition coefficient (Wildman–Crippen LogP) is -23.5. The first kappa shape index (κ1) is 42.8. The Morgan fingerprint density at radius 3 is 0.817 bits per heavy atom. The number of fused-ring (bicyclic) bond motifs is 4. The first-order valence-electron chi connectivity index (χ1n) is 22.2. The zero-order valence-corrected chi connectivity index (χ0v) is 40.5. The summed E-state index contributed by atoms with van der Waals surface area (Å²) in [5.74, 6) is 0. The van der Waals surface area contributed by atoms with Crippen molar-refractivity contribution >= 4 is 309 Å². The molecule has 0 aliphatic carbocycles. The fraction of sp³-hybridized carbons (Fsp3) is 0. The molecule has 0 fully saturated rings. The van der Waals surface area contributed by atoms with Gasteiger partial charge in [-0.15, -0.1) is 49.2 Å². The Balaban J connectivity index is 1.64. The van der Waals surface area contributed by atoms with Crippen LogP contribution >= 0.6 is 0 Å². The molecule has 0 N–H and O–H groups in total. The minimum absolute atomic E-state index is 1.31. The molecule has 0 nitrogen and oxygen atoms in total. The molecular formula is C40H46B20. The van der Waals surface area contributed by atoms with Crippen LogP contribution in [0.3, 0.4) is 0 Å². The van der Waals surface area contributed by atoms with Crippen molar-refractivity contribution in [2.24, 2.45) is 0 Å². The number of hydrogen-bond donors (Lipinski definition) is 0. The Morgan fingerprint density at radius 2 is 0.433 bits per heavy atom. The molecule has 0 heterocycles. The van der Waals surface area contributed by atoms with Crippen molar-refractivity contribution in [1.82, 2.24) is 0 Å². The molecular weight excluding hydrogens is 697 g/mol. The van der Waals surface area contributed by atoms with E-state index in [0.717, 1.165) is 0 Å². The Kier molecular flexibility index (Phi) is 10.6. The monoisotopic (exact) mass is 747 g/mol. The lowest BCUT2D eigenvalue weighted by Gasteiger charge is -2.31. The molecule has 0 aromatic heterocycles. The van der Waals surface area contributed by atoms with Crippen LogP contribution in [0.4, 0.5) is 0 Å². The number of hydrogen-bond acceptors (Lipinski definition) is 0. The average molecular weight is 743 g/mol. The van der Waals surface area contributed by atoms with E-state index in [1.54, 1.807) is 0 Å². The molecule has 20 heteroatoms. The molecule has 0 radical (unpaired) electrons. The van der Waals surface area contributed by atoms with E-state index in [-0.39, 0.29) is 0 Å². The van der Waals surface area contributed by atoms with E-state index in [2.05, 4.69) is 193 Å². The van der Waals surface area contributed by atoms with E-state index in [1.807, 2.05) is 0 Å². The van der Waals surface area contributed by atoms with Gasteiger partial charge in [-0.3, -0.25) is 0 Å². The van der Waals surface area contributed by atoms with Crippen molar-refractivity contribution in [3.05, 3.63) is 36.4 Å². The minimum Gasteiger partial charge on any atom is -0.102 e. The highest BCUT2D eigenvalue weighted by atomic mass is 14.3. The fourth-order valence-corrected chi connectivity index (χ4v) is 11.7. The van der Waals surface area contributed by atoms with Gasteiger partial charge in [0.05, 0.1) is 0 Å². The summed E-state index contributed by atoms with van der Waals surface area (Å²) in [6, 6.07) is 14.2. The fourth-order valence-electron chi connectivity index (χ4n) is 11.7. The van der Waals surface area contributed by atoms with Crippen molar-refractivity contribution < 1.29 is 0 Å². The van der Waals surface area contributed by atoms with Gasteiger partial charge < -0.3 is 0 Å². The van der Waals surface area contributed by atoms with E-state index in [0.29, 0.717) is 0 Å². The third-order valence-corrected chi connectivity index (χ3v) is 16.8. The van der Waals surface area contributed by atoms with Crippen LogP contribution in [-0.4, -0.2) is 157 Å². The third-order valence-electron chi connectivity index (χ3n) is 16.8. The Labute approximate surface area is 376 Å². The highest BCUT2D eigenvalue weighted by Gasteiger charge is 2.28. The molecule has 8 aromatic carbocycles. The van der Waals surface area contributed by atoms with Gasteiger partial charge in [0.25, 0.3) is 0 Å². The summed E-state index contributed by atoms with van der Waals surface area (Å²) in [6.45, 7) is 0. The molecule has 0 saturated heterocycles. The lowest BCUT2D eigenvalue weighted by molar-refractivity contribution is 1.71. The van der Waals surface area contributed by atoms with Gasteiger partial charge in [0.1, 0.15) is 157 Å². The summed E-state index contributed by atoms with van der Waals surface area (Å²) < 4.78 is 0. The van der Waals surface area contributed by atoms with Crippen molar-refractivity contribution in [3.8, 4) is 33.4 Å². The Bertz CT molecular complexity index is 3210. The van der Waals surface area contributed by atoms with Gasteiger partial charge in [-0.05, 0) is 76.5 Å². The number of benzene rings is 8. The molecule has 0 aliphatic rings. The maximum atomic E-state index is 2.49. The lowest BCUT2D eigenvalue weighted by Crippen LogP contribution is -2.55. The summed E-state index contributed by atoms with van der Waals surface area (Å²) in [4.78, 5) is 0. The summed E-state index contributed by atoms with van der Waals surface area (Å²) in [7, 11) is 47.0. The first-order chi connectivity index (χ1) is 28.2. The summed E-state index contributed by atoms with van der Waals surface area (Å²) in [6.07, 6.45) is 0. The molecule has 0 amide bonds. The normalized spacial score (nSPS) is 11.7. The Hall–Kier alpha value is -3.90. The van der Waals surface area contributed by atoms with Crippen molar-refractivity contribution in [3.63, 3.8) is 0 Å². The van der Waals surface area contributed by atoms with Crippen molar-refractivity contribution in [2.75, 3.05) is 0 Å². The zero-order chi connectivity index (χ0) is 43.9.